The minimum absolute atomic E-state index is 0.157. The van der Waals surface area contributed by atoms with Crippen LogP contribution in [0.25, 0.3) is 0 Å². The lowest BCUT2D eigenvalue weighted by Crippen LogP contribution is -2.32. The Hall–Kier alpha value is -4.83. The van der Waals surface area contributed by atoms with Crippen molar-refractivity contribution in [3.8, 4) is 11.5 Å². The third kappa shape index (κ3) is 5.92. The van der Waals surface area contributed by atoms with E-state index in [0.717, 1.165) is 4.90 Å². The molecule has 0 bridgehead atoms. The Balaban J connectivity index is 1.53. The van der Waals surface area contributed by atoms with Crippen molar-refractivity contribution in [2.24, 2.45) is 0 Å². The third-order valence-electron chi connectivity index (χ3n) is 5.76. The summed E-state index contributed by atoms with van der Waals surface area (Å²) < 4.78 is 15.7. The first-order valence-electron chi connectivity index (χ1n) is 12.1. The maximum atomic E-state index is 13.3. The third-order valence-corrected chi connectivity index (χ3v) is 6.11. The molecule has 10 nitrogen and oxygen atoms in total. The van der Waals surface area contributed by atoms with E-state index in [1.165, 1.54) is 44.6 Å². The number of esters is 1. The predicted octanol–water partition coefficient (Wildman–Crippen LogP) is 4.96. The molecule has 1 aliphatic rings. The number of imide groups is 1. The van der Waals surface area contributed by atoms with Crippen LogP contribution < -0.4 is 25.0 Å². The van der Waals surface area contributed by atoms with Crippen molar-refractivity contribution < 1.29 is 33.4 Å². The lowest BCUT2D eigenvalue weighted by Gasteiger charge is -2.16. The van der Waals surface area contributed by atoms with Gasteiger partial charge < -0.3 is 24.8 Å². The molecule has 3 aromatic carbocycles. The quantitative estimate of drug-likeness (QED) is 0.277. The number of hydrogen-bond acceptors (Lipinski definition) is 8. The second-order valence-electron chi connectivity index (χ2n) is 8.87. The van der Waals surface area contributed by atoms with Gasteiger partial charge in [0.1, 0.15) is 22.2 Å². The molecule has 0 fully saturated rings. The van der Waals surface area contributed by atoms with Gasteiger partial charge in [-0.1, -0.05) is 23.7 Å². The fourth-order valence-corrected chi connectivity index (χ4v) is 4.09. The average molecular weight is 564 g/mol. The minimum atomic E-state index is -0.760. The fraction of sp³-hybridized carbons (Fsp3) is 0.172. The monoisotopic (exact) mass is 563 g/mol. The van der Waals surface area contributed by atoms with Crippen LogP contribution in [0.2, 0.25) is 0 Å². The molecule has 0 atom stereocenters. The van der Waals surface area contributed by atoms with Gasteiger partial charge in [-0.15, -0.1) is 0 Å². The largest absolute Gasteiger partial charge is 0.497 e. The second kappa shape index (κ2) is 11.9. The van der Waals surface area contributed by atoms with Crippen molar-refractivity contribution in [1.82, 2.24) is 0 Å². The van der Waals surface area contributed by atoms with Gasteiger partial charge in [0, 0.05) is 17.3 Å². The average Bonchev–Trinajstić information content (AvgIpc) is 3.15. The van der Waals surface area contributed by atoms with Crippen LogP contribution in [0, 0.1) is 0 Å². The van der Waals surface area contributed by atoms with Crippen LogP contribution in [-0.2, 0) is 14.3 Å². The van der Waals surface area contributed by atoms with Gasteiger partial charge >= 0.3 is 5.97 Å². The number of methoxy groups -OCH3 is 2. The van der Waals surface area contributed by atoms with Gasteiger partial charge in [-0.25, -0.2) is 9.69 Å². The molecule has 3 aromatic rings. The number of carbonyl (C=O) groups excluding carboxylic acids is 4. The molecule has 0 radical (unpaired) electrons. The number of rotatable bonds is 9. The molecule has 1 heterocycles. The standard InChI is InChI=1S/C29H26ClN3O7/c1-16(2)40-29(37)18-8-6-10-20(14-18)33-27(35)24(30)25(28(33)36)31-19-9-5-7-17(13-19)26(34)32-22-12-11-21(38-3)15-23(22)39-4/h5-16,31H,1-4H3,(H,32,34). The highest BCUT2D eigenvalue weighted by atomic mass is 35.5. The first kappa shape index (κ1) is 28.2. The first-order valence-corrected chi connectivity index (χ1v) is 12.5. The van der Waals surface area contributed by atoms with E-state index in [-0.39, 0.29) is 33.6 Å². The van der Waals surface area contributed by atoms with E-state index in [1.807, 2.05) is 0 Å². The van der Waals surface area contributed by atoms with Crippen molar-refractivity contribution >= 4 is 52.4 Å². The van der Waals surface area contributed by atoms with Crippen molar-refractivity contribution in [2.45, 2.75) is 20.0 Å². The highest BCUT2D eigenvalue weighted by molar-refractivity contribution is 6.53. The van der Waals surface area contributed by atoms with E-state index >= 15 is 0 Å². The lowest BCUT2D eigenvalue weighted by atomic mass is 10.1. The number of halogens is 1. The Bertz CT molecular complexity index is 1530. The summed E-state index contributed by atoms with van der Waals surface area (Å²) in [6.07, 6.45) is -0.339. The van der Waals surface area contributed by atoms with Crippen LogP contribution in [-0.4, -0.2) is 44.0 Å². The highest BCUT2D eigenvalue weighted by Crippen LogP contribution is 2.32. The molecule has 0 aliphatic carbocycles. The predicted molar refractivity (Wildman–Crippen MR) is 150 cm³/mol. The molecule has 0 spiro atoms. The van der Waals surface area contributed by atoms with Crippen LogP contribution in [0.5, 0.6) is 11.5 Å². The Morgan fingerprint density at radius 2 is 1.60 bits per heavy atom. The Labute approximate surface area is 235 Å². The first-order chi connectivity index (χ1) is 19.1. The summed E-state index contributed by atoms with van der Waals surface area (Å²) in [5.41, 5.74) is 1.21. The van der Waals surface area contributed by atoms with Crippen LogP contribution in [0.3, 0.4) is 0 Å². The van der Waals surface area contributed by atoms with E-state index in [2.05, 4.69) is 10.6 Å². The number of hydrogen-bond donors (Lipinski definition) is 2. The fourth-order valence-electron chi connectivity index (χ4n) is 3.88. The number of nitrogens with zero attached hydrogens (tertiary/aromatic N) is 1. The Kier molecular flexibility index (Phi) is 8.40. The molecule has 0 saturated heterocycles. The van der Waals surface area contributed by atoms with Gasteiger partial charge in [-0.05, 0) is 62.4 Å². The normalized spacial score (nSPS) is 13.0. The number of ether oxygens (including phenoxy) is 3. The van der Waals surface area contributed by atoms with Crippen molar-refractivity contribution in [3.63, 3.8) is 0 Å². The molecule has 11 heteroatoms. The Morgan fingerprint density at radius 1 is 0.875 bits per heavy atom. The topological polar surface area (TPSA) is 123 Å². The molecule has 1 aliphatic heterocycles. The number of benzene rings is 3. The zero-order chi connectivity index (χ0) is 29.0. The van der Waals surface area contributed by atoms with E-state index in [0.29, 0.717) is 22.9 Å². The number of nitrogens with one attached hydrogen (secondary N) is 2. The maximum Gasteiger partial charge on any atom is 0.338 e. The summed E-state index contributed by atoms with van der Waals surface area (Å²) in [6, 6.07) is 17.2. The smallest absolute Gasteiger partial charge is 0.338 e. The summed E-state index contributed by atoms with van der Waals surface area (Å²) in [5.74, 6) is -1.52. The van der Waals surface area contributed by atoms with Crippen molar-refractivity contribution in [3.05, 3.63) is 88.6 Å². The lowest BCUT2D eigenvalue weighted by molar-refractivity contribution is -0.120. The van der Waals surface area contributed by atoms with E-state index in [9.17, 15) is 19.2 Å². The molecule has 40 heavy (non-hydrogen) atoms. The van der Waals surface area contributed by atoms with Crippen molar-refractivity contribution in [1.29, 1.82) is 0 Å². The SMILES string of the molecule is COc1ccc(NC(=O)c2cccc(NC3=C(Cl)C(=O)N(c4cccc(C(=O)OC(C)C)c4)C3=O)c2)c(OC)c1. The van der Waals surface area contributed by atoms with E-state index in [4.69, 9.17) is 25.8 Å². The molecular weight excluding hydrogens is 538 g/mol. The van der Waals surface area contributed by atoms with Gasteiger partial charge in [0.15, 0.2) is 0 Å². The maximum absolute atomic E-state index is 13.3. The van der Waals surface area contributed by atoms with Gasteiger partial charge in [0.2, 0.25) is 0 Å². The van der Waals surface area contributed by atoms with Gasteiger partial charge in [-0.3, -0.25) is 14.4 Å². The highest BCUT2D eigenvalue weighted by Gasteiger charge is 2.39. The Morgan fingerprint density at radius 3 is 2.30 bits per heavy atom. The zero-order valence-electron chi connectivity index (χ0n) is 22.1. The van der Waals surface area contributed by atoms with Crippen molar-refractivity contribution in [2.75, 3.05) is 29.8 Å². The summed E-state index contributed by atoms with van der Waals surface area (Å²) >= 11 is 6.27. The van der Waals surface area contributed by atoms with Gasteiger partial charge in [0.25, 0.3) is 17.7 Å². The van der Waals surface area contributed by atoms with Crippen LogP contribution in [0.1, 0.15) is 34.6 Å². The summed E-state index contributed by atoms with van der Waals surface area (Å²) in [4.78, 5) is 52.3. The zero-order valence-corrected chi connectivity index (χ0v) is 22.9. The second-order valence-corrected chi connectivity index (χ2v) is 9.24. The molecule has 2 N–H and O–H groups in total. The van der Waals surface area contributed by atoms with E-state index < -0.39 is 23.7 Å². The number of amides is 3. The van der Waals surface area contributed by atoms with Crippen LogP contribution >= 0.6 is 11.6 Å². The summed E-state index contributed by atoms with van der Waals surface area (Å²) in [7, 11) is 3.00. The molecule has 0 aromatic heterocycles. The summed E-state index contributed by atoms with van der Waals surface area (Å²) in [6.45, 7) is 3.43. The molecule has 0 saturated carbocycles. The van der Waals surface area contributed by atoms with Crippen LogP contribution in [0.15, 0.2) is 77.5 Å². The molecule has 3 amide bonds. The minimum Gasteiger partial charge on any atom is -0.497 e. The number of anilines is 3. The molecular formula is C29H26ClN3O7. The molecule has 206 valence electrons. The van der Waals surface area contributed by atoms with E-state index in [1.54, 1.807) is 50.2 Å². The summed E-state index contributed by atoms with van der Waals surface area (Å²) in [5, 5.41) is 5.30. The van der Waals surface area contributed by atoms with Gasteiger partial charge in [-0.2, -0.15) is 0 Å². The molecule has 0 unspecified atom stereocenters. The van der Waals surface area contributed by atoms with Gasteiger partial charge in [0.05, 0.1) is 37.3 Å². The van der Waals surface area contributed by atoms with Crippen LogP contribution in [0.4, 0.5) is 17.1 Å². The molecule has 4 rings (SSSR count). The number of carbonyl (C=O) groups is 4.